The van der Waals surface area contributed by atoms with E-state index in [1.807, 2.05) is 0 Å². The molecule has 0 N–H and O–H groups in total. The van der Waals surface area contributed by atoms with Crippen LogP contribution in [0.1, 0.15) is 31.9 Å². The van der Waals surface area contributed by atoms with Crippen LogP contribution in [0.25, 0.3) is 4.47 Å². The quantitative estimate of drug-likeness (QED) is 0.621. The van der Waals surface area contributed by atoms with Crippen molar-refractivity contribution in [1.82, 2.24) is 0 Å². The molecule has 14 heavy (non-hydrogen) atoms. The average molecular weight is 251 g/mol. The normalized spacial score (nSPS) is 18.6. The van der Waals surface area contributed by atoms with Crippen LogP contribution in [-0.2, 0) is 5.32 Å². The number of hydrogen-bond acceptors (Lipinski definition) is 0. The molecule has 0 unspecified atom stereocenters. The van der Waals surface area contributed by atoms with Gasteiger partial charge in [-0.05, 0) is 0 Å². The van der Waals surface area contributed by atoms with E-state index in [2.05, 4.69) is 51.1 Å². The molecule has 0 saturated heterocycles. The van der Waals surface area contributed by atoms with Crippen LogP contribution >= 0.6 is 0 Å². The molecule has 0 bridgehead atoms. The van der Waals surface area contributed by atoms with Gasteiger partial charge in [0.25, 0.3) is 0 Å². The maximum atomic E-state index is 2.44. The fourth-order valence-electron chi connectivity index (χ4n) is 1.63. The van der Waals surface area contributed by atoms with Gasteiger partial charge in [0.05, 0.1) is 0 Å². The minimum absolute atomic E-state index is 0.314. The number of hydrogen-bond donors (Lipinski definition) is 0. The Balaban J connectivity index is 2.40. The van der Waals surface area contributed by atoms with Gasteiger partial charge < -0.3 is 0 Å². The first kappa shape index (κ1) is 10.0. The Morgan fingerprint density at radius 3 is 2.64 bits per heavy atom. The van der Waals surface area contributed by atoms with Crippen LogP contribution in [-0.4, -0.2) is 15.0 Å². The number of rotatable bonds is 0. The van der Waals surface area contributed by atoms with E-state index in [-0.39, 0.29) is 0 Å². The van der Waals surface area contributed by atoms with Gasteiger partial charge in [0.2, 0.25) is 0 Å². The minimum atomic E-state index is 0.314. The van der Waals surface area contributed by atoms with Gasteiger partial charge in [-0.1, -0.05) is 0 Å². The molecule has 0 amide bonds. The molecule has 74 valence electrons. The summed E-state index contributed by atoms with van der Waals surface area (Å²) in [6.45, 7) is 6.82. The van der Waals surface area contributed by atoms with Crippen LogP contribution in [0.4, 0.5) is 0 Å². The molecule has 1 aromatic rings. The molecule has 0 radical (unpaired) electrons. The van der Waals surface area contributed by atoms with Crippen LogP contribution in [0.5, 0.6) is 0 Å². The predicted octanol–water partition coefficient (Wildman–Crippen LogP) is 3.29. The molecule has 0 saturated carbocycles. The van der Waals surface area contributed by atoms with Gasteiger partial charge in [-0.15, -0.1) is 0 Å². The molecule has 1 aromatic carbocycles. The second-order valence-corrected chi connectivity index (χ2v) is 6.95. The third-order valence-corrected chi connectivity index (χ3v) is 4.55. The molecular weight excluding hydrogens is 235 g/mol. The summed E-state index contributed by atoms with van der Waals surface area (Å²) in [4.78, 5) is 0. The van der Waals surface area contributed by atoms with Gasteiger partial charge in [0, 0.05) is 0 Å². The number of allylic oxidation sites excluding steroid dienone is 1. The van der Waals surface area contributed by atoms with Crippen molar-refractivity contribution in [2.75, 3.05) is 0 Å². The molecule has 0 fully saturated rings. The van der Waals surface area contributed by atoms with Crippen molar-refractivity contribution in [3.05, 3.63) is 41.5 Å². The molecule has 1 aliphatic rings. The van der Waals surface area contributed by atoms with E-state index in [9.17, 15) is 0 Å². The van der Waals surface area contributed by atoms with Gasteiger partial charge in [0.1, 0.15) is 0 Å². The molecule has 2 rings (SSSR count). The first-order chi connectivity index (χ1) is 6.56. The summed E-state index contributed by atoms with van der Waals surface area (Å²) < 4.78 is 1.60. The van der Waals surface area contributed by atoms with Crippen LogP contribution in [0.3, 0.4) is 0 Å². The van der Waals surface area contributed by atoms with Crippen molar-refractivity contribution in [3.8, 4) is 0 Å². The van der Waals surface area contributed by atoms with E-state index in [0.717, 1.165) is 0 Å². The Labute approximate surface area is 92.6 Å². The third-order valence-electron chi connectivity index (χ3n) is 2.23. The van der Waals surface area contributed by atoms with E-state index >= 15 is 0 Å². The fraction of sp³-hybridized carbons (Fsp3) is 0.385. The Morgan fingerprint density at radius 1 is 1.21 bits per heavy atom. The summed E-state index contributed by atoms with van der Waals surface area (Å²) in [5, 5.41) is 1.28. The molecule has 0 nitrogen and oxygen atoms in total. The monoisotopic (exact) mass is 252 g/mol. The summed E-state index contributed by atoms with van der Waals surface area (Å²) in [6.07, 6.45) is 2.44. The molecule has 1 aliphatic heterocycles. The van der Waals surface area contributed by atoms with Crippen LogP contribution in [0.15, 0.2) is 30.3 Å². The second-order valence-electron chi connectivity index (χ2n) is 4.82. The fourth-order valence-corrected chi connectivity index (χ4v) is 4.47. The van der Waals surface area contributed by atoms with Crippen molar-refractivity contribution < 1.29 is 0 Å². The van der Waals surface area contributed by atoms with Gasteiger partial charge in [-0.25, -0.2) is 0 Å². The Kier molecular flexibility index (Phi) is 2.55. The molecule has 0 aromatic heterocycles. The SMILES string of the molecule is CC(C)(C)/C=C1\[Se]Cc2ccccc21. The van der Waals surface area contributed by atoms with Crippen LogP contribution in [0.2, 0.25) is 0 Å². The Bertz CT molecular complexity index is 369. The first-order valence-corrected chi connectivity index (χ1v) is 7.07. The van der Waals surface area contributed by atoms with E-state index in [0.29, 0.717) is 20.4 Å². The van der Waals surface area contributed by atoms with Gasteiger partial charge in [-0.3, -0.25) is 0 Å². The van der Waals surface area contributed by atoms with Gasteiger partial charge >= 0.3 is 92.4 Å². The molecule has 1 heteroatoms. The van der Waals surface area contributed by atoms with E-state index in [4.69, 9.17) is 0 Å². The van der Waals surface area contributed by atoms with Crippen LogP contribution < -0.4 is 0 Å². The molecule has 0 atom stereocenters. The molecule has 1 heterocycles. The molecular formula is C13H16Se. The molecule has 0 aliphatic carbocycles. The van der Waals surface area contributed by atoms with E-state index in [1.54, 1.807) is 10.0 Å². The van der Waals surface area contributed by atoms with Crippen molar-refractivity contribution in [2.24, 2.45) is 5.41 Å². The zero-order valence-corrected chi connectivity index (χ0v) is 10.7. The summed E-state index contributed by atoms with van der Waals surface area (Å²) in [5.74, 6) is 0. The number of benzene rings is 1. The maximum absolute atomic E-state index is 2.44. The van der Waals surface area contributed by atoms with E-state index in [1.165, 1.54) is 10.9 Å². The standard InChI is InChI=1S/C13H16Se/c1-13(2,3)8-12-11-7-5-4-6-10(11)9-14-12/h4-8H,9H2,1-3H3/b12-8-. The van der Waals surface area contributed by atoms with Crippen molar-refractivity contribution >= 4 is 19.4 Å². The number of fused-ring (bicyclic) bond motifs is 1. The van der Waals surface area contributed by atoms with Crippen molar-refractivity contribution in [1.29, 1.82) is 0 Å². The summed E-state index contributed by atoms with van der Waals surface area (Å²) >= 11 is 0.664. The summed E-state index contributed by atoms with van der Waals surface area (Å²) in [6, 6.07) is 8.83. The summed E-state index contributed by atoms with van der Waals surface area (Å²) in [7, 11) is 0. The zero-order valence-electron chi connectivity index (χ0n) is 9.00. The van der Waals surface area contributed by atoms with Crippen molar-refractivity contribution in [2.45, 2.75) is 26.1 Å². The van der Waals surface area contributed by atoms with Gasteiger partial charge in [-0.2, -0.15) is 0 Å². The summed E-state index contributed by atoms with van der Waals surface area (Å²) in [5.41, 5.74) is 3.36. The third kappa shape index (κ3) is 2.10. The van der Waals surface area contributed by atoms with Crippen molar-refractivity contribution in [3.63, 3.8) is 0 Å². The Hall–Kier alpha value is -0.521. The van der Waals surface area contributed by atoms with Gasteiger partial charge in [0.15, 0.2) is 0 Å². The van der Waals surface area contributed by atoms with E-state index < -0.39 is 0 Å². The second kappa shape index (κ2) is 3.56. The average Bonchev–Trinajstić information content (AvgIpc) is 2.47. The topological polar surface area (TPSA) is 0 Å². The predicted molar refractivity (Wildman–Crippen MR) is 63.3 cm³/mol. The Morgan fingerprint density at radius 2 is 1.93 bits per heavy atom. The first-order valence-electron chi connectivity index (χ1n) is 5.00. The van der Waals surface area contributed by atoms with Crippen LogP contribution in [0, 0.1) is 5.41 Å². The zero-order chi connectivity index (χ0) is 10.2. The molecule has 0 spiro atoms.